The number of benzene rings is 1. The fraction of sp³-hybridized carbons (Fsp3) is 0.190. The number of rotatable bonds is 5. The second-order valence-electron chi connectivity index (χ2n) is 6.11. The van der Waals surface area contributed by atoms with Gasteiger partial charge in [0.25, 0.3) is 0 Å². The van der Waals surface area contributed by atoms with E-state index in [9.17, 15) is 5.21 Å². The highest BCUT2D eigenvalue weighted by atomic mass is 16.4. The summed E-state index contributed by atoms with van der Waals surface area (Å²) < 4.78 is 0. The highest BCUT2D eigenvalue weighted by molar-refractivity contribution is 6.01. The van der Waals surface area contributed by atoms with Gasteiger partial charge in [-0.1, -0.05) is 41.6 Å². The molecule has 0 spiro atoms. The molecule has 0 amide bonds. The fourth-order valence-electron chi connectivity index (χ4n) is 3.07. The van der Waals surface area contributed by atoms with Gasteiger partial charge < -0.3 is 5.21 Å². The number of hydrogen-bond acceptors (Lipinski definition) is 4. The minimum Gasteiger partial charge on any atom is -0.411 e. The number of oxime groups is 1. The summed E-state index contributed by atoms with van der Waals surface area (Å²) in [6.45, 7) is 3.89. The number of aromatic nitrogens is 2. The maximum atomic E-state index is 9.65. The summed E-state index contributed by atoms with van der Waals surface area (Å²) in [4.78, 5) is 8.92. The zero-order valence-electron chi connectivity index (χ0n) is 14.4. The second-order valence-corrected chi connectivity index (χ2v) is 6.11. The zero-order valence-corrected chi connectivity index (χ0v) is 14.4. The van der Waals surface area contributed by atoms with E-state index in [0.717, 1.165) is 28.2 Å². The van der Waals surface area contributed by atoms with Crippen molar-refractivity contribution in [1.29, 1.82) is 0 Å². The van der Waals surface area contributed by atoms with Gasteiger partial charge in [-0.3, -0.25) is 9.97 Å². The number of hydrogen-bond donors (Lipinski definition) is 1. The van der Waals surface area contributed by atoms with Gasteiger partial charge in [0.1, 0.15) is 0 Å². The molecule has 1 N–H and O–H groups in total. The minimum atomic E-state index is 0.0158. The van der Waals surface area contributed by atoms with E-state index < -0.39 is 0 Å². The molecule has 0 saturated carbocycles. The summed E-state index contributed by atoms with van der Waals surface area (Å²) in [6, 6.07) is 20.0. The standard InChI is InChI=1S/C21H21N3O/c1-15-12-18(13-16(2)23-15)21(24-25)14-19(17-8-4-3-5-9-17)20-10-6-7-11-22-20/h3-13,19,25H,14H2,1-2H3. The van der Waals surface area contributed by atoms with E-state index >= 15 is 0 Å². The average Bonchev–Trinajstić information content (AvgIpc) is 2.63. The third-order valence-corrected chi connectivity index (χ3v) is 4.18. The first kappa shape index (κ1) is 16.8. The van der Waals surface area contributed by atoms with Gasteiger partial charge in [-0.05, 0) is 43.7 Å². The molecule has 0 aliphatic carbocycles. The van der Waals surface area contributed by atoms with Crippen LogP contribution in [-0.4, -0.2) is 20.9 Å². The van der Waals surface area contributed by atoms with Crippen LogP contribution in [-0.2, 0) is 0 Å². The van der Waals surface area contributed by atoms with Crippen molar-refractivity contribution < 1.29 is 5.21 Å². The molecule has 0 aliphatic rings. The SMILES string of the molecule is Cc1cc(C(CC(c2ccccc2)c2ccccn2)=NO)cc(C)n1. The molecule has 2 heterocycles. The van der Waals surface area contributed by atoms with E-state index in [-0.39, 0.29) is 5.92 Å². The van der Waals surface area contributed by atoms with Crippen LogP contribution in [0.25, 0.3) is 0 Å². The summed E-state index contributed by atoms with van der Waals surface area (Å²) >= 11 is 0. The van der Waals surface area contributed by atoms with E-state index in [0.29, 0.717) is 12.1 Å². The Hall–Kier alpha value is -3.01. The molecule has 0 radical (unpaired) electrons. The topological polar surface area (TPSA) is 58.4 Å². The Labute approximate surface area is 147 Å². The van der Waals surface area contributed by atoms with Crippen LogP contribution in [0.1, 0.15) is 40.5 Å². The Balaban J connectivity index is 1.99. The molecule has 3 aromatic rings. The highest BCUT2D eigenvalue weighted by Gasteiger charge is 2.20. The number of pyridine rings is 2. The van der Waals surface area contributed by atoms with Crippen molar-refractivity contribution in [2.45, 2.75) is 26.2 Å². The first-order chi connectivity index (χ1) is 12.2. The van der Waals surface area contributed by atoms with Crippen molar-refractivity contribution in [3.8, 4) is 0 Å². The van der Waals surface area contributed by atoms with Crippen LogP contribution < -0.4 is 0 Å². The molecule has 0 fully saturated rings. The van der Waals surface area contributed by atoms with Crippen LogP contribution in [0.4, 0.5) is 0 Å². The van der Waals surface area contributed by atoms with Crippen LogP contribution in [0.3, 0.4) is 0 Å². The van der Waals surface area contributed by atoms with Crippen LogP contribution in [0.5, 0.6) is 0 Å². The minimum absolute atomic E-state index is 0.0158. The third kappa shape index (κ3) is 4.10. The van der Waals surface area contributed by atoms with Gasteiger partial charge in [0.05, 0.1) is 5.71 Å². The molecule has 4 heteroatoms. The Morgan fingerprint density at radius 1 is 1.00 bits per heavy atom. The predicted molar refractivity (Wildman–Crippen MR) is 99.2 cm³/mol. The quantitative estimate of drug-likeness (QED) is 0.425. The Kier molecular flexibility index (Phi) is 5.19. The van der Waals surface area contributed by atoms with E-state index in [1.165, 1.54) is 0 Å². The molecule has 3 rings (SSSR count). The van der Waals surface area contributed by atoms with Crippen molar-refractivity contribution in [2.24, 2.45) is 5.16 Å². The molecule has 2 aromatic heterocycles. The highest BCUT2D eigenvalue weighted by Crippen LogP contribution is 2.28. The molecule has 25 heavy (non-hydrogen) atoms. The second kappa shape index (κ2) is 7.71. The van der Waals surface area contributed by atoms with Crippen LogP contribution in [0.15, 0.2) is 72.0 Å². The van der Waals surface area contributed by atoms with Crippen LogP contribution in [0, 0.1) is 13.8 Å². The molecule has 1 unspecified atom stereocenters. The summed E-state index contributed by atoms with van der Waals surface area (Å²) in [5.41, 5.74) is 5.44. The van der Waals surface area contributed by atoms with Gasteiger partial charge in [-0.15, -0.1) is 0 Å². The largest absolute Gasteiger partial charge is 0.411 e. The molecule has 1 aromatic carbocycles. The van der Waals surface area contributed by atoms with Gasteiger partial charge in [0.15, 0.2) is 0 Å². The van der Waals surface area contributed by atoms with Crippen molar-refractivity contribution in [3.63, 3.8) is 0 Å². The Bertz CT molecular complexity index is 801. The average molecular weight is 331 g/mol. The Morgan fingerprint density at radius 3 is 2.28 bits per heavy atom. The fourth-order valence-corrected chi connectivity index (χ4v) is 3.07. The molecular weight excluding hydrogens is 310 g/mol. The molecule has 1 atom stereocenters. The lowest BCUT2D eigenvalue weighted by Crippen LogP contribution is -2.12. The van der Waals surface area contributed by atoms with Gasteiger partial charge in [-0.2, -0.15) is 0 Å². The van der Waals surface area contributed by atoms with Gasteiger partial charge in [-0.25, -0.2) is 0 Å². The lowest BCUT2D eigenvalue weighted by atomic mass is 9.88. The van der Waals surface area contributed by atoms with Crippen molar-refractivity contribution in [1.82, 2.24) is 9.97 Å². The lowest BCUT2D eigenvalue weighted by Gasteiger charge is -2.18. The maximum absolute atomic E-state index is 9.65. The molecule has 0 bridgehead atoms. The monoisotopic (exact) mass is 331 g/mol. The van der Waals surface area contributed by atoms with Crippen molar-refractivity contribution >= 4 is 5.71 Å². The smallest absolute Gasteiger partial charge is 0.0879 e. The van der Waals surface area contributed by atoms with Gasteiger partial charge in [0.2, 0.25) is 0 Å². The van der Waals surface area contributed by atoms with E-state index in [2.05, 4.69) is 27.3 Å². The summed E-state index contributed by atoms with van der Waals surface area (Å²) in [5.74, 6) is 0.0158. The van der Waals surface area contributed by atoms with Gasteiger partial charge >= 0.3 is 0 Å². The summed E-state index contributed by atoms with van der Waals surface area (Å²) in [5, 5.41) is 13.2. The Morgan fingerprint density at radius 2 is 1.68 bits per heavy atom. The predicted octanol–water partition coefficient (Wildman–Crippen LogP) is 4.49. The van der Waals surface area contributed by atoms with E-state index in [1.54, 1.807) is 6.20 Å². The third-order valence-electron chi connectivity index (χ3n) is 4.18. The lowest BCUT2D eigenvalue weighted by molar-refractivity contribution is 0.317. The maximum Gasteiger partial charge on any atom is 0.0879 e. The summed E-state index contributed by atoms with van der Waals surface area (Å²) in [6.07, 6.45) is 2.35. The van der Waals surface area contributed by atoms with Crippen LogP contribution >= 0.6 is 0 Å². The number of nitrogens with zero attached hydrogens (tertiary/aromatic N) is 3. The first-order valence-corrected chi connectivity index (χ1v) is 8.30. The molecule has 0 saturated heterocycles. The molecule has 0 aliphatic heterocycles. The van der Waals surface area contributed by atoms with Crippen LogP contribution in [0.2, 0.25) is 0 Å². The van der Waals surface area contributed by atoms with E-state index in [1.807, 2.05) is 62.4 Å². The van der Waals surface area contributed by atoms with Crippen molar-refractivity contribution in [2.75, 3.05) is 0 Å². The first-order valence-electron chi connectivity index (χ1n) is 8.30. The van der Waals surface area contributed by atoms with Crippen molar-refractivity contribution in [3.05, 3.63) is 95.1 Å². The zero-order chi connectivity index (χ0) is 17.6. The molecule has 4 nitrogen and oxygen atoms in total. The summed E-state index contributed by atoms with van der Waals surface area (Å²) in [7, 11) is 0. The normalized spacial score (nSPS) is 12.8. The molecule has 126 valence electrons. The van der Waals surface area contributed by atoms with E-state index in [4.69, 9.17) is 0 Å². The number of aryl methyl sites for hydroxylation is 2. The van der Waals surface area contributed by atoms with Gasteiger partial charge in [0, 0.05) is 41.2 Å². The molecular formula is C21H21N3O.